The van der Waals surface area contributed by atoms with Gasteiger partial charge >= 0.3 is 5.97 Å². The van der Waals surface area contributed by atoms with Crippen LogP contribution in [0.4, 0.5) is 5.82 Å². The molecule has 2 aromatic heterocycles. The number of nitrogen functional groups attached to an aromatic ring is 1. The van der Waals surface area contributed by atoms with E-state index in [-0.39, 0.29) is 0 Å². The number of nitrogens with two attached hydrogens (primary N) is 1. The van der Waals surface area contributed by atoms with Crippen molar-refractivity contribution >= 4 is 22.8 Å². The lowest BCUT2D eigenvalue weighted by Gasteiger charge is -1.91. The van der Waals surface area contributed by atoms with E-state index in [1.807, 2.05) is 0 Å². The number of esters is 1. The van der Waals surface area contributed by atoms with Crippen LogP contribution in [-0.2, 0) is 4.74 Å². The first-order chi connectivity index (χ1) is 6.72. The molecule has 6 nitrogen and oxygen atoms in total. The summed E-state index contributed by atoms with van der Waals surface area (Å²) in [5.41, 5.74) is 6.43. The number of nitrogens with zero attached hydrogens (tertiary/aromatic N) is 2. The third-order valence-corrected chi connectivity index (χ3v) is 1.86. The maximum absolute atomic E-state index is 11.2. The molecule has 72 valence electrons. The van der Waals surface area contributed by atoms with Crippen LogP contribution < -0.4 is 5.73 Å². The number of methoxy groups -OCH3 is 1. The van der Waals surface area contributed by atoms with Crippen molar-refractivity contribution in [2.75, 3.05) is 12.8 Å². The molecule has 3 N–H and O–H groups in total. The molecule has 0 aromatic carbocycles. The van der Waals surface area contributed by atoms with Crippen LogP contribution in [0.15, 0.2) is 12.4 Å². The number of fused-ring (bicyclic) bond motifs is 1. The Kier molecular flexibility index (Phi) is 1.81. The maximum atomic E-state index is 11.2. The number of H-pyrrole nitrogens is 1. The second-order valence-corrected chi connectivity index (χ2v) is 2.70. The van der Waals surface area contributed by atoms with Crippen LogP contribution in [0.25, 0.3) is 11.0 Å². The molecule has 2 heterocycles. The number of rotatable bonds is 1. The highest BCUT2D eigenvalue weighted by atomic mass is 16.5. The Morgan fingerprint density at radius 2 is 2.36 bits per heavy atom. The van der Waals surface area contributed by atoms with Crippen LogP contribution in [0.3, 0.4) is 0 Å². The van der Waals surface area contributed by atoms with E-state index in [2.05, 4.69) is 19.7 Å². The van der Waals surface area contributed by atoms with Gasteiger partial charge in [0.25, 0.3) is 0 Å². The van der Waals surface area contributed by atoms with Gasteiger partial charge in [-0.15, -0.1) is 0 Å². The molecule has 2 aromatic rings. The zero-order valence-electron chi connectivity index (χ0n) is 7.44. The quantitative estimate of drug-likeness (QED) is 0.635. The molecule has 0 aliphatic carbocycles. The summed E-state index contributed by atoms with van der Waals surface area (Å²) in [7, 11) is 1.31. The molecule has 0 saturated carbocycles. The van der Waals surface area contributed by atoms with Crippen molar-refractivity contribution in [2.45, 2.75) is 0 Å². The summed E-state index contributed by atoms with van der Waals surface area (Å²) in [6, 6.07) is 1.57. The van der Waals surface area contributed by atoms with Gasteiger partial charge in [-0.3, -0.25) is 0 Å². The van der Waals surface area contributed by atoms with Gasteiger partial charge in [0, 0.05) is 0 Å². The van der Waals surface area contributed by atoms with E-state index in [9.17, 15) is 4.79 Å². The second-order valence-electron chi connectivity index (χ2n) is 2.70. The van der Waals surface area contributed by atoms with Crippen LogP contribution in [0.1, 0.15) is 10.5 Å². The Hall–Kier alpha value is -2.11. The van der Waals surface area contributed by atoms with E-state index < -0.39 is 5.97 Å². The van der Waals surface area contributed by atoms with Gasteiger partial charge in [-0.2, -0.15) is 0 Å². The number of hydrogen-bond acceptors (Lipinski definition) is 5. The Labute approximate surface area is 79.1 Å². The standard InChI is InChI=1S/C8H8N4O2/c1-14-8(13)5-2-4-6(9)10-3-11-7(4)12-5/h2-3H,1H3,(H3,9,10,11,12). The first-order valence-electron chi connectivity index (χ1n) is 3.90. The number of aromatic nitrogens is 3. The largest absolute Gasteiger partial charge is 0.464 e. The Bertz CT molecular complexity index is 491. The minimum absolute atomic E-state index is 0.315. The minimum atomic E-state index is -0.456. The van der Waals surface area contributed by atoms with Crippen molar-refractivity contribution in [3.05, 3.63) is 18.1 Å². The van der Waals surface area contributed by atoms with Crippen molar-refractivity contribution in [1.29, 1.82) is 0 Å². The SMILES string of the molecule is COC(=O)c1cc2c(N)ncnc2[nH]1. The van der Waals surface area contributed by atoms with Crippen molar-refractivity contribution in [1.82, 2.24) is 15.0 Å². The molecule has 0 spiro atoms. The second kappa shape index (κ2) is 2.99. The van der Waals surface area contributed by atoms with E-state index in [0.29, 0.717) is 22.5 Å². The Morgan fingerprint density at radius 1 is 1.57 bits per heavy atom. The lowest BCUT2D eigenvalue weighted by molar-refractivity contribution is 0.0595. The van der Waals surface area contributed by atoms with E-state index in [0.717, 1.165) is 0 Å². The molecule has 0 bridgehead atoms. The summed E-state index contributed by atoms with van der Waals surface area (Å²) < 4.78 is 4.55. The third-order valence-electron chi connectivity index (χ3n) is 1.86. The van der Waals surface area contributed by atoms with Gasteiger partial charge < -0.3 is 15.5 Å². The number of nitrogens with one attached hydrogen (secondary N) is 1. The van der Waals surface area contributed by atoms with Crippen molar-refractivity contribution in [3.63, 3.8) is 0 Å². The molecular formula is C8H8N4O2. The third kappa shape index (κ3) is 1.17. The van der Waals surface area contributed by atoms with Crippen LogP contribution in [0, 0.1) is 0 Å². The molecule has 14 heavy (non-hydrogen) atoms. The predicted molar refractivity (Wildman–Crippen MR) is 49.6 cm³/mol. The molecule has 0 radical (unpaired) electrons. The summed E-state index contributed by atoms with van der Waals surface area (Å²) >= 11 is 0. The molecule has 0 fully saturated rings. The van der Waals surface area contributed by atoms with E-state index in [4.69, 9.17) is 5.73 Å². The fourth-order valence-electron chi connectivity index (χ4n) is 1.18. The lowest BCUT2D eigenvalue weighted by Crippen LogP contribution is -2.00. The summed E-state index contributed by atoms with van der Waals surface area (Å²) in [4.78, 5) is 21.7. The van der Waals surface area contributed by atoms with Gasteiger partial charge in [0.2, 0.25) is 0 Å². The maximum Gasteiger partial charge on any atom is 0.354 e. The van der Waals surface area contributed by atoms with Gasteiger partial charge in [0.1, 0.15) is 23.5 Å². The molecule has 0 unspecified atom stereocenters. The Balaban J connectivity index is 2.62. The molecule has 0 atom stereocenters. The molecule has 0 aliphatic rings. The number of carbonyl (C=O) groups is 1. The zero-order valence-corrected chi connectivity index (χ0v) is 7.44. The van der Waals surface area contributed by atoms with Crippen molar-refractivity contribution < 1.29 is 9.53 Å². The number of aromatic amines is 1. The molecular weight excluding hydrogens is 184 g/mol. The zero-order chi connectivity index (χ0) is 10.1. The van der Waals surface area contributed by atoms with Gasteiger partial charge in [-0.1, -0.05) is 0 Å². The summed E-state index contributed by atoms with van der Waals surface area (Å²) in [6.45, 7) is 0. The van der Waals surface area contributed by atoms with Crippen LogP contribution in [0.2, 0.25) is 0 Å². The van der Waals surface area contributed by atoms with Crippen LogP contribution in [-0.4, -0.2) is 28.0 Å². The van der Waals surface area contributed by atoms with Crippen molar-refractivity contribution in [2.24, 2.45) is 0 Å². The van der Waals surface area contributed by atoms with Gasteiger partial charge in [0.15, 0.2) is 0 Å². The summed E-state index contributed by atoms with van der Waals surface area (Å²) in [6.07, 6.45) is 1.33. The smallest absolute Gasteiger partial charge is 0.354 e. The fraction of sp³-hybridized carbons (Fsp3) is 0.125. The minimum Gasteiger partial charge on any atom is -0.464 e. The number of hydrogen-bond donors (Lipinski definition) is 2. The molecule has 0 aliphatic heterocycles. The average Bonchev–Trinajstić information content (AvgIpc) is 2.62. The van der Waals surface area contributed by atoms with Crippen molar-refractivity contribution in [3.8, 4) is 0 Å². The fourth-order valence-corrected chi connectivity index (χ4v) is 1.18. The molecule has 6 heteroatoms. The van der Waals surface area contributed by atoms with E-state index in [1.165, 1.54) is 13.4 Å². The molecule has 0 saturated heterocycles. The van der Waals surface area contributed by atoms with Gasteiger partial charge in [0.05, 0.1) is 12.5 Å². The van der Waals surface area contributed by atoms with Gasteiger partial charge in [-0.05, 0) is 6.07 Å². The highest BCUT2D eigenvalue weighted by Crippen LogP contribution is 2.17. The van der Waals surface area contributed by atoms with E-state index in [1.54, 1.807) is 6.07 Å². The first-order valence-corrected chi connectivity index (χ1v) is 3.90. The lowest BCUT2D eigenvalue weighted by atomic mass is 10.3. The highest BCUT2D eigenvalue weighted by molar-refractivity contribution is 5.96. The molecule has 2 rings (SSSR count). The summed E-state index contributed by atoms with van der Waals surface area (Å²) in [5, 5.41) is 0.618. The normalized spacial score (nSPS) is 10.4. The Morgan fingerprint density at radius 3 is 3.00 bits per heavy atom. The summed E-state index contributed by atoms with van der Waals surface area (Å²) in [5.74, 6) is -0.121. The monoisotopic (exact) mass is 192 g/mol. The predicted octanol–water partition coefficient (Wildman–Crippen LogP) is 0.327. The number of carbonyl (C=O) groups excluding carboxylic acids is 1. The first kappa shape index (κ1) is 8.49. The topological polar surface area (TPSA) is 93.9 Å². The highest BCUT2D eigenvalue weighted by Gasteiger charge is 2.11. The molecule has 0 amide bonds. The number of anilines is 1. The van der Waals surface area contributed by atoms with Crippen LogP contribution in [0.5, 0.6) is 0 Å². The van der Waals surface area contributed by atoms with E-state index >= 15 is 0 Å². The van der Waals surface area contributed by atoms with Gasteiger partial charge in [-0.25, -0.2) is 14.8 Å². The number of ether oxygens (including phenoxy) is 1. The van der Waals surface area contributed by atoms with Crippen LogP contribution >= 0.6 is 0 Å². The average molecular weight is 192 g/mol.